The highest BCUT2D eigenvalue weighted by Crippen LogP contribution is 2.02. The number of aromatic nitrogens is 1. The van der Waals surface area contributed by atoms with Crippen LogP contribution in [0.1, 0.15) is 16.2 Å². The molecule has 1 amide bonds. The first-order valence-corrected chi connectivity index (χ1v) is 4.11. The molecule has 1 rings (SSSR count). The van der Waals surface area contributed by atoms with Gasteiger partial charge in [-0.2, -0.15) is 0 Å². The van der Waals surface area contributed by atoms with E-state index in [4.69, 9.17) is 9.84 Å². The van der Waals surface area contributed by atoms with Gasteiger partial charge in [-0.25, -0.2) is 0 Å². The van der Waals surface area contributed by atoms with E-state index in [1.807, 2.05) is 0 Å². The average Bonchev–Trinajstić information content (AvgIpc) is 2.66. The van der Waals surface area contributed by atoms with E-state index in [0.29, 0.717) is 13.2 Å². The molecule has 14 heavy (non-hydrogen) atoms. The van der Waals surface area contributed by atoms with Crippen molar-refractivity contribution < 1.29 is 19.2 Å². The Morgan fingerprint density at radius 2 is 2.57 bits per heavy atom. The highest BCUT2D eigenvalue weighted by Gasteiger charge is 2.10. The summed E-state index contributed by atoms with van der Waals surface area (Å²) in [5.74, 6) is -0.0765. The number of ether oxygens (including phenoxy) is 1. The molecular weight excluding hydrogens is 188 g/mol. The summed E-state index contributed by atoms with van der Waals surface area (Å²) in [7, 11) is 1.55. The van der Waals surface area contributed by atoms with Gasteiger partial charge in [-0.1, -0.05) is 5.16 Å². The van der Waals surface area contributed by atoms with Gasteiger partial charge in [0.05, 0.1) is 6.61 Å². The van der Waals surface area contributed by atoms with Crippen LogP contribution in [0.5, 0.6) is 0 Å². The van der Waals surface area contributed by atoms with E-state index in [9.17, 15) is 4.79 Å². The molecule has 0 aliphatic heterocycles. The Balaban J connectivity index is 2.44. The van der Waals surface area contributed by atoms with E-state index >= 15 is 0 Å². The lowest BCUT2D eigenvalue weighted by Crippen LogP contribution is -2.27. The van der Waals surface area contributed by atoms with E-state index < -0.39 is 0 Å². The number of carbonyl (C=O) groups is 1. The number of nitrogens with zero attached hydrogens (tertiary/aromatic N) is 1. The summed E-state index contributed by atoms with van der Waals surface area (Å²) in [4.78, 5) is 11.3. The van der Waals surface area contributed by atoms with E-state index in [2.05, 4.69) is 15.0 Å². The number of methoxy groups -OCH3 is 1. The summed E-state index contributed by atoms with van der Waals surface area (Å²) in [5.41, 5.74) is 0.158. The second-order valence-corrected chi connectivity index (χ2v) is 2.59. The number of aliphatic hydroxyl groups excluding tert-OH is 1. The van der Waals surface area contributed by atoms with Gasteiger partial charge in [0.15, 0.2) is 11.5 Å². The van der Waals surface area contributed by atoms with Crippen LogP contribution in [0.2, 0.25) is 0 Å². The summed E-state index contributed by atoms with van der Waals surface area (Å²) < 4.78 is 9.41. The average molecular weight is 200 g/mol. The Morgan fingerprint density at radius 1 is 1.79 bits per heavy atom. The molecule has 0 aliphatic rings. The van der Waals surface area contributed by atoms with Gasteiger partial charge >= 0.3 is 0 Å². The first-order valence-electron chi connectivity index (χ1n) is 4.11. The predicted molar refractivity (Wildman–Crippen MR) is 46.6 cm³/mol. The molecule has 0 atom stereocenters. The summed E-state index contributed by atoms with van der Waals surface area (Å²) in [6.07, 6.45) is 0. The predicted octanol–water partition coefficient (Wildman–Crippen LogP) is -0.457. The second kappa shape index (κ2) is 5.36. The third kappa shape index (κ3) is 2.82. The van der Waals surface area contributed by atoms with Crippen molar-refractivity contribution in [3.8, 4) is 0 Å². The summed E-state index contributed by atoms with van der Waals surface area (Å²) in [6.45, 7) is 0.589. The van der Waals surface area contributed by atoms with E-state index in [1.54, 1.807) is 7.11 Å². The van der Waals surface area contributed by atoms with Gasteiger partial charge in [-0.15, -0.1) is 0 Å². The van der Waals surface area contributed by atoms with Crippen LogP contribution in [0.4, 0.5) is 0 Å². The molecule has 1 aromatic rings. The third-order valence-corrected chi connectivity index (χ3v) is 1.54. The summed E-state index contributed by atoms with van der Waals surface area (Å²) in [6, 6.07) is 1.39. The maximum absolute atomic E-state index is 11.3. The molecule has 0 saturated heterocycles. The molecule has 0 saturated carbocycles. The zero-order valence-corrected chi connectivity index (χ0v) is 7.82. The Labute approximate surface area is 80.8 Å². The number of amides is 1. The summed E-state index contributed by atoms with van der Waals surface area (Å²) in [5, 5.41) is 14.7. The van der Waals surface area contributed by atoms with Gasteiger partial charge < -0.3 is 19.7 Å². The Kier molecular flexibility index (Phi) is 4.09. The first-order chi connectivity index (χ1) is 6.77. The summed E-state index contributed by atoms with van der Waals surface area (Å²) >= 11 is 0. The fraction of sp³-hybridized carbons (Fsp3) is 0.500. The van der Waals surface area contributed by atoms with E-state index in [1.165, 1.54) is 6.07 Å². The topological polar surface area (TPSA) is 84.6 Å². The minimum absolute atomic E-state index is 0.158. The SMILES string of the molecule is COCCNC(=O)c1cc(CO)on1. The maximum atomic E-state index is 11.3. The fourth-order valence-electron chi connectivity index (χ4n) is 0.852. The molecule has 0 radical (unpaired) electrons. The van der Waals surface area contributed by atoms with Crippen LogP contribution < -0.4 is 5.32 Å². The fourth-order valence-corrected chi connectivity index (χ4v) is 0.852. The number of hydrogen-bond acceptors (Lipinski definition) is 5. The van der Waals surface area contributed by atoms with Crippen LogP contribution in [-0.4, -0.2) is 36.4 Å². The molecule has 6 nitrogen and oxygen atoms in total. The van der Waals surface area contributed by atoms with Gasteiger partial charge in [-0.3, -0.25) is 4.79 Å². The van der Waals surface area contributed by atoms with Crippen LogP contribution >= 0.6 is 0 Å². The van der Waals surface area contributed by atoms with Gasteiger partial charge in [-0.05, 0) is 0 Å². The van der Waals surface area contributed by atoms with E-state index in [-0.39, 0.29) is 24.0 Å². The van der Waals surface area contributed by atoms with Crippen molar-refractivity contribution in [1.29, 1.82) is 0 Å². The normalized spacial score (nSPS) is 10.1. The number of rotatable bonds is 5. The van der Waals surface area contributed by atoms with Crippen LogP contribution in [0.25, 0.3) is 0 Å². The number of nitrogens with one attached hydrogen (secondary N) is 1. The standard InChI is InChI=1S/C8H12N2O4/c1-13-3-2-9-8(12)7-4-6(5-11)14-10-7/h4,11H,2-3,5H2,1H3,(H,9,12). The molecule has 6 heteroatoms. The molecule has 0 bridgehead atoms. The van der Waals surface area contributed by atoms with Crippen LogP contribution in [0, 0.1) is 0 Å². The van der Waals surface area contributed by atoms with E-state index in [0.717, 1.165) is 0 Å². The highest BCUT2D eigenvalue weighted by molar-refractivity contribution is 5.92. The van der Waals surface area contributed by atoms with Gasteiger partial charge in [0.1, 0.15) is 6.61 Å². The van der Waals surface area contributed by atoms with Crippen molar-refractivity contribution in [1.82, 2.24) is 10.5 Å². The zero-order valence-electron chi connectivity index (χ0n) is 7.82. The molecule has 2 N–H and O–H groups in total. The van der Waals surface area contributed by atoms with Crippen LogP contribution in [-0.2, 0) is 11.3 Å². The molecule has 0 aromatic carbocycles. The second-order valence-electron chi connectivity index (χ2n) is 2.59. The van der Waals surface area contributed by atoms with Crippen molar-refractivity contribution in [2.24, 2.45) is 0 Å². The van der Waals surface area contributed by atoms with Crippen molar-refractivity contribution in [3.63, 3.8) is 0 Å². The zero-order chi connectivity index (χ0) is 10.4. The Bertz CT molecular complexity index is 297. The van der Waals surface area contributed by atoms with Gasteiger partial charge in [0.25, 0.3) is 5.91 Å². The smallest absolute Gasteiger partial charge is 0.273 e. The van der Waals surface area contributed by atoms with Crippen molar-refractivity contribution in [2.75, 3.05) is 20.3 Å². The molecule has 0 unspecified atom stereocenters. The molecule has 0 aliphatic carbocycles. The third-order valence-electron chi connectivity index (χ3n) is 1.54. The lowest BCUT2D eigenvalue weighted by atomic mass is 10.3. The molecule has 0 spiro atoms. The van der Waals surface area contributed by atoms with Crippen molar-refractivity contribution in [2.45, 2.75) is 6.61 Å². The minimum atomic E-state index is -0.342. The number of hydrogen-bond donors (Lipinski definition) is 2. The van der Waals surface area contributed by atoms with Gasteiger partial charge in [0.2, 0.25) is 0 Å². The molecule has 1 heterocycles. The number of carbonyl (C=O) groups excluding carboxylic acids is 1. The Morgan fingerprint density at radius 3 is 3.14 bits per heavy atom. The van der Waals surface area contributed by atoms with Crippen molar-refractivity contribution >= 4 is 5.91 Å². The highest BCUT2D eigenvalue weighted by atomic mass is 16.5. The van der Waals surface area contributed by atoms with Crippen LogP contribution in [0.15, 0.2) is 10.6 Å². The monoisotopic (exact) mass is 200 g/mol. The lowest BCUT2D eigenvalue weighted by molar-refractivity contribution is 0.0927. The van der Waals surface area contributed by atoms with Crippen LogP contribution in [0.3, 0.4) is 0 Å². The quantitative estimate of drug-likeness (QED) is 0.628. The van der Waals surface area contributed by atoms with Crippen molar-refractivity contribution in [3.05, 3.63) is 17.5 Å². The first kappa shape index (κ1) is 10.7. The Hall–Kier alpha value is -1.40. The largest absolute Gasteiger partial charge is 0.388 e. The molecule has 1 aromatic heterocycles. The molecule has 0 fully saturated rings. The lowest BCUT2D eigenvalue weighted by Gasteiger charge is -1.99. The number of aliphatic hydroxyl groups is 1. The molecule has 78 valence electrons. The maximum Gasteiger partial charge on any atom is 0.273 e. The minimum Gasteiger partial charge on any atom is -0.388 e. The molecular formula is C8H12N2O4. The van der Waals surface area contributed by atoms with Gasteiger partial charge in [0, 0.05) is 19.7 Å².